The van der Waals surface area contributed by atoms with Crippen LogP contribution in [-0.4, -0.2) is 64.9 Å². The average molecular weight is 358 g/mol. The molecule has 2 fully saturated rings. The number of aromatic nitrogens is 3. The van der Waals surface area contributed by atoms with Crippen LogP contribution in [0.3, 0.4) is 0 Å². The van der Waals surface area contributed by atoms with Crippen molar-refractivity contribution >= 4 is 11.5 Å². The summed E-state index contributed by atoms with van der Waals surface area (Å²) in [6.07, 6.45) is 6.83. The van der Waals surface area contributed by atoms with E-state index in [0.29, 0.717) is 12.0 Å². The molecule has 2 aromatic heterocycles. The Kier molecular flexibility index (Phi) is 5.41. The van der Waals surface area contributed by atoms with Gasteiger partial charge in [0, 0.05) is 32.3 Å². The molecule has 0 amide bonds. The van der Waals surface area contributed by atoms with Crippen LogP contribution in [0, 0.1) is 0 Å². The molecule has 142 valence electrons. The minimum Gasteiger partial charge on any atom is -0.380 e. The molecule has 2 aliphatic heterocycles. The van der Waals surface area contributed by atoms with Gasteiger partial charge < -0.3 is 9.64 Å². The monoisotopic (exact) mass is 357 g/mol. The summed E-state index contributed by atoms with van der Waals surface area (Å²) >= 11 is 0. The molecule has 4 rings (SSSR count). The zero-order valence-electron chi connectivity index (χ0n) is 16.1. The lowest BCUT2D eigenvalue weighted by Crippen LogP contribution is -2.47. The van der Waals surface area contributed by atoms with Gasteiger partial charge in [-0.25, -0.2) is 9.50 Å². The van der Waals surface area contributed by atoms with Crippen molar-refractivity contribution in [3.05, 3.63) is 24.0 Å². The lowest BCUT2D eigenvalue weighted by atomic mass is 10.0. The van der Waals surface area contributed by atoms with E-state index in [-0.39, 0.29) is 0 Å². The highest BCUT2D eigenvalue weighted by molar-refractivity contribution is 5.47. The molecule has 0 aromatic carbocycles. The van der Waals surface area contributed by atoms with E-state index in [1.165, 1.54) is 37.9 Å². The molecule has 6 nitrogen and oxygen atoms in total. The van der Waals surface area contributed by atoms with E-state index in [1.807, 2.05) is 10.7 Å². The number of nitrogens with zero attached hydrogens (tertiary/aromatic N) is 5. The molecule has 0 bridgehead atoms. The summed E-state index contributed by atoms with van der Waals surface area (Å²) < 4.78 is 7.69. The van der Waals surface area contributed by atoms with Crippen LogP contribution < -0.4 is 4.90 Å². The van der Waals surface area contributed by atoms with Gasteiger partial charge in [0.15, 0.2) is 5.65 Å². The van der Waals surface area contributed by atoms with Gasteiger partial charge in [0.25, 0.3) is 0 Å². The predicted octanol–water partition coefficient (Wildman–Crippen LogP) is 2.93. The van der Waals surface area contributed by atoms with E-state index < -0.39 is 0 Å². The Morgan fingerprint density at radius 3 is 2.69 bits per heavy atom. The summed E-state index contributed by atoms with van der Waals surface area (Å²) in [5.41, 5.74) is 2.12. The number of piperidine rings is 1. The van der Waals surface area contributed by atoms with Crippen LogP contribution in [-0.2, 0) is 4.74 Å². The van der Waals surface area contributed by atoms with E-state index in [4.69, 9.17) is 9.84 Å². The molecule has 0 saturated carbocycles. The van der Waals surface area contributed by atoms with Gasteiger partial charge in [-0.15, -0.1) is 5.10 Å². The topological polar surface area (TPSA) is 45.9 Å². The third-order valence-corrected chi connectivity index (χ3v) is 5.78. The quantitative estimate of drug-likeness (QED) is 0.845. The fourth-order valence-electron chi connectivity index (χ4n) is 4.18. The molecular weight excluding hydrogens is 326 g/mol. The van der Waals surface area contributed by atoms with E-state index in [9.17, 15) is 0 Å². The molecule has 4 heterocycles. The molecule has 2 aliphatic rings. The zero-order valence-corrected chi connectivity index (χ0v) is 16.1. The van der Waals surface area contributed by atoms with Crippen molar-refractivity contribution in [2.24, 2.45) is 0 Å². The Hall–Kier alpha value is -1.66. The van der Waals surface area contributed by atoms with E-state index in [2.05, 4.69) is 40.8 Å². The Morgan fingerprint density at radius 1 is 1.04 bits per heavy atom. The Morgan fingerprint density at radius 2 is 1.88 bits per heavy atom. The molecule has 26 heavy (non-hydrogen) atoms. The second kappa shape index (κ2) is 7.92. The molecular formula is C20H31N5O. The summed E-state index contributed by atoms with van der Waals surface area (Å²) in [6, 6.07) is 4.91. The highest BCUT2D eigenvalue weighted by Gasteiger charge is 2.25. The maximum atomic E-state index is 5.68. The Bertz CT molecular complexity index is 712. The lowest BCUT2D eigenvalue weighted by Gasteiger charge is -2.39. The molecule has 0 atom stereocenters. The third-order valence-electron chi connectivity index (χ3n) is 5.78. The van der Waals surface area contributed by atoms with Crippen molar-refractivity contribution in [2.75, 3.05) is 44.3 Å². The van der Waals surface area contributed by atoms with Gasteiger partial charge in [-0.1, -0.05) is 13.8 Å². The predicted molar refractivity (Wildman–Crippen MR) is 104 cm³/mol. The number of hydrogen-bond acceptors (Lipinski definition) is 5. The lowest BCUT2D eigenvalue weighted by molar-refractivity contribution is 0.0568. The van der Waals surface area contributed by atoms with Gasteiger partial charge in [0.05, 0.1) is 18.5 Å². The van der Waals surface area contributed by atoms with Crippen LogP contribution in [0.25, 0.3) is 5.65 Å². The van der Waals surface area contributed by atoms with Crippen molar-refractivity contribution < 1.29 is 4.74 Å². The second-order valence-corrected chi connectivity index (χ2v) is 7.87. The minimum absolute atomic E-state index is 0.424. The fourth-order valence-corrected chi connectivity index (χ4v) is 4.18. The van der Waals surface area contributed by atoms with Crippen molar-refractivity contribution in [2.45, 2.75) is 51.5 Å². The molecule has 0 aliphatic carbocycles. The van der Waals surface area contributed by atoms with E-state index >= 15 is 0 Å². The second-order valence-electron chi connectivity index (χ2n) is 7.87. The summed E-state index contributed by atoms with van der Waals surface area (Å²) in [7, 11) is 0. The van der Waals surface area contributed by atoms with Gasteiger partial charge >= 0.3 is 0 Å². The zero-order chi connectivity index (χ0) is 17.9. The largest absolute Gasteiger partial charge is 0.380 e. The first-order valence-electron chi connectivity index (χ1n) is 10.1. The normalized spacial score (nSPS) is 21.3. The summed E-state index contributed by atoms with van der Waals surface area (Å²) in [5, 5.41) is 4.89. The molecule has 0 radical (unpaired) electrons. The van der Waals surface area contributed by atoms with Gasteiger partial charge in [-0.05, 0) is 50.3 Å². The van der Waals surface area contributed by atoms with Crippen LogP contribution in [0.2, 0.25) is 0 Å². The van der Waals surface area contributed by atoms with Gasteiger partial charge in [0.2, 0.25) is 0 Å². The van der Waals surface area contributed by atoms with E-state index in [1.54, 1.807) is 0 Å². The standard InChI is InChI=1S/C20H31N5O/c1-16(2)18-15-21-19-5-6-20(22-25(18)19)24-10-7-17(8-11-24)23-9-3-4-13-26-14-12-23/h5-6,15-17H,3-4,7-14H2,1-2H3. The number of anilines is 1. The first-order valence-corrected chi connectivity index (χ1v) is 10.1. The number of fused-ring (bicyclic) bond motifs is 1. The van der Waals surface area contributed by atoms with Crippen LogP contribution >= 0.6 is 0 Å². The van der Waals surface area contributed by atoms with Crippen molar-refractivity contribution in [1.29, 1.82) is 0 Å². The van der Waals surface area contributed by atoms with Gasteiger partial charge in [-0.3, -0.25) is 4.90 Å². The van der Waals surface area contributed by atoms with Crippen LogP contribution in [0.5, 0.6) is 0 Å². The maximum Gasteiger partial charge on any atom is 0.153 e. The highest BCUT2D eigenvalue weighted by Crippen LogP contribution is 2.23. The molecule has 2 aromatic rings. The smallest absolute Gasteiger partial charge is 0.153 e. The first-order chi connectivity index (χ1) is 12.7. The molecule has 0 unspecified atom stereocenters. The van der Waals surface area contributed by atoms with Gasteiger partial charge in [-0.2, -0.15) is 0 Å². The maximum absolute atomic E-state index is 5.68. The van der Waals surface area contributed by atoms with Crippen molar-refractivity contribution in [3.8, 4) is 0 Å². The molecule has 6 heteroatoms. The average Bonchev–Trinajstić information content (AvgIpc) is 3.05. The van der Waals surface area contributed by atoms with E-state index in [0.717, 1.165) is 44.3 Å². The van der Waals surface area contributed by atoms with Crippen molar-refractivity contribution in [3.63, 3.8) is 0 Å². The van der Waals surface area contributed by atoms with Crippen LogP contribution in [0.15, 0.2) is 18.3 Å². The molecule has 2 saturated heterocycles. The van der Waals surface area contributed by atoms with Crippen molar-refractivity contribution in [1.82, 2.24) is 19.5 Å². The molecule has 0 spiro atoms. The Balaban J connectivity index is 1.42. The minimum atomic E-state index is 0.424. The SMILES string of the molecule is CC(C)c1cnc2ccc(N3CCC(N4CCCCOCC4)CC3)nn12. The molecule has 0 N–H and O–H groups in total. The highest BCUT2D eigenvalue weighted by atomic mass is 16.5. The number of imidazole rings is 1. The van der Waals surface area contributed by atoms with Crippen LogP contribution in [0.1, 0.15) is 51.1 Å². The third kappa shape index (κ3) is 3.71. The summed E-state index contributed by atoms with van der Waals surface area (Å²) in [6.45, 7) is 10.7. The summed E-state index contributed by atoms with van der Waals surface area (Å²) in [5.74, 6) is 1.50. The number of rotatable bonds is 3. The summed E-state index contributed by atoms with van der Waals surface area (Å²) in [4.78, 5) is 9.56. The van der Waals surface area contributed by atoms with Crippen LogP contribution in [0.4, 0.5) is 5.82 Å². The number of ether oxygens (including phenoxy) is 1. The number of hydrogen-bond donors (Lipinski definition) is 0. The van der Waals surface area contributed by atoms with Gasteiger partial charge in [0.1, 0.15) is 5.82 Å². The Labute approximate surface area is 156 Å². The fraction of sp³-hybridized carbons (Fsp3) is 0.700. The first kappa shape index (κ1) is 17.7.